The van der Waals surface area contributed by atoms with Crippen molar-refractivity contribution in [3.63, 3.8) is 0 Å². The first-order valence-corrected chi connectivity index (χ1v) is 27.6. The molecule has 0 spiro atoms. The summed E-state index contributed by atoms with van der Waals surface area (Å²) in [6.45, 7) is 6.02. The molecule has 11 rings (SSSR count). The molecule has 458 valence electrons. The van der Waals surface area contributed by atoms with E-state index in [9.17, 15) is 69.6 Å². The summed E-state index contributed by atoms with van der Waals surface area (Å²) in [6.07, 6.45) is -10.7. The number of nitrogens with one attached hydrogen (secondary N) is 2. The van der Waals surface area contributed by atoms with Crippen LogP contribution in [0.3, 0.4) is 0 Å². The van der Waals surface area contributed by atoms with E-state index in [0.717, 1.165) is 25.0 Å². The van der Waals surface area contributed by atoms with Gasteiger partial charge in [-0.1, -0.05) is 48.5 Å². The molecule has 0 bridgehead atoms. The number of aliphatic hydroxyl groups excluding tert-OH is 2. The fourth-order valence-corrected chi connectivity index (χ4v) is 13.0. The summed E-state index contributed by atoms with van der Waals surface area (Å²) in [6, 6.07) is 14.9. The Bertz CT molecular complexity index is 3400. The van der Waals surface area contributed by atoms with Crippen molar-refractivity contribution < 1.29 is 98.0 Å². The van der Waals surface area contributed by atoms with Gasteiger partial charge in [0.2, 0.25) is 11.6 Å². The highest BCUT2D eigenvalue weighted by Gasteiger charge is 2.52. The van der Waals surface area contributed by atoms with Gasteiger partial charge in [-0.25, -0.2) is 0 Å². The van der Waals surface area contributed by atoms with Crippen molar-refractivity contribution in [2.24, 2.45) is 0 Å². The second-order valence-corrected chi connectivity index (χ2v) is 22.7. The van der Waals surface area contributed by atoms with Crippen molar-refractivity contribution in [3.05, 3.63) is 139 Å². The largest absolute Gasteiger partial charge is 0.507 e. The Hall–Kier alpha value is -6.90. The molecule has 6 aliphatic rings. The third kappa shape index (κ3) is 10.6. The smallest absolute Gasteiger partial charge is 0.202 e. The summed E-state index contributed by atoms with van der Waals surface area (Å²) >= 11 is 0. The molecule has 2 heterocycles. The summed E-state index contributed by atoms with van der Waals surface area (Å²) in [5.74, 6) is -7.07. The van der Waals surface area contributed by atoms with Crippen LogP contribution in [-0.2, 0) is 54.5 Å². The Kier molecular flexibility index (Phi) is 17.7. The lowest BCUT2D eigenvalue weighted by atomic mass is 9.72. The zero-order valence-corrected chi connectivity index (χ0v) is 49.1. The average molecular weight is 1230 g/mol. The van der Waals surface area contributed by atoms with E-state index in [1.807, 2.05) is 24.3 Å². The van der Waals surface area contributed by atoms with E-state index in [0.29, 0.717) is 0 Å². The second-order valence-electron chi connectivity index (χ2n) is 22.7. The van der Waals surface area contributed by atoms with Gasteiger partial charge in [0.1, 0.15) is 45.7 Å². The first kappa shape index (κ1) is 63.6. The molecule has 12 atom stereocenters. The number of Topliss-reactive ketones (excluding diaryl/α,β-unsaturated/α-hetero) is 2. The Morgan fingerprint density at radius 3 is 1.28 bits per heavy atom. The van der Waals surface area contributed by atoms with Gasteiger partial charge in [-0.3, -0.25) is 28.8 Å². The Morgan fingerprint density at radius 2 is 0.919 bits per heavy atom. The number of fused-ring (bicyclic) bond motifs is 6. The molecule has 24 heteroatoms. The lowest BCUT2D eigenvalue weighted by molar-refractivity contribution is -0.250. The number of carbonyl (C=O) groups excluding carboxylic acids is 6. The van der Waals surface area contributed by atoms with Gasteiger partial charge in [0, 0.05) is 97.1 Å². The predicted molar refractivity (Wildman–Crippen MR) is 307 cm³/mol. The molecular formula is C62H66Cl2N2O20. The minimum absolute atomic E-state index is 0. The molecular weight excluding hydrogens is 1160 g/mol. The first-order valence-electron chi connectivity index (χ1n) is 27.6. The average Bonchev–Trinajstić information content (AvgIpc) is 0.727. The van der Waals surface area contributed by atoms with E-state index in [2.05, 4.69) is 10.6 Å². The number of ether oxygens (including phenoxy) is 6. The van der Waals surface area contributed by atoms with Crippen molar-refractivity contribution in [2.75, 3.05) is 14.2 Å². The van der Waals surface area contributed by atoms with Crippen LogP contribution in [0.5, 0.6) is 34.5 Å². The van der Waals surface area contributed by atoms with E-state index in [-0.39, 0.29) is 107 Å². The normalized spacial score (nSPS) is 28.1. The molecule has 22 nitrogen and oxygen atoms in total. The third-order valence-electron chi connectivity index (χ3n) is 17.6. The van der Waals surface area contributed by atoms with Crippen molar-refractivity contribution in [3.8, 4) is 34.5 Å². The van der Waals surface area contributed by atoms with Crippen LogP contribution in [0, 0.1) is 0 Å². The number of hydrogen-bond acceptors (Lipinski definition) is 22. The predicted octanol–water partition coefficient (Wildman–Crippen LogP) is 4.88. The molecule has 5 aromatic carbocycles. The number of phenolic OH excluding ortho intramolecular Hbond substituents is 4. The number of ketones is 6. The maximum atomic E-state index is 14.2. The Labute approximate surface area is 505 Å². The highest BCUT2D eigenvalue weighted by atomic mass is 35.5. The van der Waals surface area contributed by atoms with Crippen LogP contribution in [0.15, 0.2) is 60.7 Å². The molecule has 0 amide bonds. The Morgan fingerprint density at radius 1 is 0.558 bits per heavy atom. The van der Waals surface area contributed by atoms with E-state index >= 15 is 0 Å². The number of carbonyl (C=O) groups is 6. The van der Waals surface area contributed by atoms with Crippen LogP contribution in [0.4, 0.5) is 0 Å². The summed E-state index contributed by atoms with van der Waals surface area (Å²) in [7, 11) is 2.64. The van der Waals surface area contributed by atoms with E-state index < -0.39 is 178 Å². The maximum absolute atomic E-state index is 14.2. The van der Waals surface area contributed by atoms with Gasteiger partial charge >= 0.3 is 0 Å². The summed E-state index contributed by atoms with van der Waals surface area (Å²) in [4.78, 5) is 82.3. The fraction of sp³-hybridized carbons (Fsp3) is 0.419. The molecule has 0 radical (unpaired) electrons. The van der Waals surface area contributed by atoms with Crippen molar-refractivity contribution in [2.45, 2.75) is 152 Å². The topological polar surface area (TPSA) is 344 Å². The fourth-order valence-electron chi connectivity index (χ4n) is 13.0. The van der Waals surface area contributed by atoms with Crippen LogP contribution >= 0.6 is 24.8 Å². The molecule has 5 aromatic rings. The number of benzene rings is 5. The molecule has 0 saturated carbocycles. The molecule has 2 fully saturated rings. The van der Waals surface area contributed by atoms with Gasteiger partial charge in [0.05, 0.1) is 84.2 Å². The van der Waals surface area contributed by atoms with Gasteiger partial charge in [-0.15, -0.1) is 24.8 Å². The monoisotopic (exact) mass is 1230 g/mol. The van der Waals surface area contributed by atoms with Crippen LogP contribution in [0.25, 0.3) is 0 Å². The van der Waals surface area contributed by atoms with Gasteiger partial charge in [-0.05, 0) is 51.0 Å². The van der Waals surface area contributed by atoms with E-state index in [4.69, 9.17) is 28.4 Å². The SMILES string of the molecule is COc1cccc2c1C(=O)c1c(O)c3c(c(O)c1C2=O)C[C@@](O)(C(C)=O)C[C@@H]3O[C@H]1C[C@H](NCc2cccc(CN[C@H]3C[C@H](O[C@H]4C[C@](O)(C(C)=O)Cc5c(O)c6c(c(O)c54)C(=O)c4c(OC)cccc4C6=O)O[C@@H](C)[C@H]3O)c2)[C@H](O)[C@H](C)O1.Cl.Cl. The molecule has 86 heavy (non-hydrogen) atoms. The van der Waals surface area contributed by atoms with Gasteiger partial charge in [0.15, 0.2) is 35.7 Å². The number of hydrogen-bond donors (Lipinski definition) is 10. The maximum Gasteiger partial charge on any atom is 0.202 e. The zero-order chi connectivity index (χ0) is 60.2. The van der Waals surface area contributed by atoms with Crippen LogP contribution < -0.4 is 20.1 Å². The second kappa shape index (κ2) is 24.0. The summed E-state index contributed by atoms with van der Waals surface area (Å²) in [5.41, 5.74) is -5.49. The summed E-state index contributed by atoms with van der Waals surface area (Å²) in [5, 5.41) is 101. The van der Waals surface area contributed by atoms with Crippen LogP contribution in [0.2, 0.25) is 0 Å². The minimum Gasteiger partial charge on any atom is -0.507 e. The standard InChI is InChI=1S/C62H64N2O20.2ClH/c1-25-51(67)35(17-41(81-25)83-39-21-61(77,27(3)65)19-33-45(39)59(75)49-47(55(33)71)53(69)31-12-8-14-37(79-5)43(31)57(49)73)63-23-29-10-7-11-30(16-29)24-64-36-18-42(82-26(2)52(36)68)84-40-22-62(78,28(4)66)20-34-46(40)60(76)50-48(56(34)72)54(70)32-13-9-15-38(80-6)44(32)58(50)74;;/h7-16,25-26,35-36,39-42,51-52,63-64,67-68,71-72,75-78H,17-24H2,1-6H3;2*1H/t25-,26-,35-,36-,39-,40-,41-,42-,51+,52+,61-,62-;;/m0../s1. The molecule has 4 aliphatic carbocycles. The number of methoxy groups -OCH3 is 2. The molecule has 2 aliphatic heterocycles. The van der Waals surface area contributed by atoms with Crippen LogP contribution in [-0.4, -0.2) is 150 Å². The van der Waals surface area contributed by atoms with Gasteiger partial charge in [-0.2, -0.15) is 0 Å². The number of phenols is 4. The molecule has 10 N–H and O–H groups in total. The number of halogens is 2. The first-order chi connectivity index (χ1) is 39.9. The van der Waals surface area contributed by atoms with Crippen molar-refractivity contribution in [1.29, 1.82) is 0 Å². The lowest BCUT2D eigenvalue weighted by Gasteiger charge is -2.43. The number of rotatable bonds is 14. The van der Waals surface area contributed by atoms with Crippen molar-refractivity contribution in [1.82, 2.24) is 10.6 Å². The lowest BCUT2D eigenvalue weighted by Crippen LogP contribution is -2.54. The quantitative estimate of drug-likeness (QED) is 0.0649. The van der Waals surface area contributed by atoms with E-state index in [1.165, 1.54) is 50.6 Å². The third-order valence-corrected chi connectivity index (χ3v) is 17.6. The van der Waals surface area contributed by atoms with Crippen LogP contribution in [0.1, 0.15) is 163 Å². The Balaban J connectivity index is 0.00000442. The van der Waals surface area contributed by atoms with Crippen molar-refractivity contribution >= 4 is 59.5 Å². The summed E-state index contributed by atoms with van der Waals surface area (Å²) < 4.78 is 35.9. The van der Waals surface area contributed by atoms with Gasteiger partial charge in [0.25, 0.3) is 0 Å². The highest BCUT2D eigenvalue weighted by molar-refractivity contribution is 6.32. The molecule has 0 aromatic heterocycles. The van der Waals surface area contributed by atoms with Gasteiger partial charge < -0.3 is 79.9 Å². The number of aliphatic hydroxyl groups is 4. The molecule has 2 saturated heterocycles. The highest BCUT2D eigenvalue weighted by Crippen LogP contribution is 2.55. The molecule has 0 unspecified atom stereocenters. The zero-order valence-electron chi connectivity index (χ0n) is 47.5. The number of aromatic hydroxyl groups is 4. The van der Waals surface area contributed by atoms with E-state index in [1.54, 1.807) is 13.8 Å². The minimum atomic E-state index is -2.13.